The summed E-state index contributed by atoms with van der Waals surface area (Å²) in [4.78, 5) is 0. The third-order valence-electron chi connectivity index (χ3n) is 5.57. The molecule has 0 bridgehead atoms. The molecule has 2 fully saturated rings. The lowest BCUT2D eigenvalue weighted by atomic mass is 9.77. The Kier molecular flexibility index (Phi) is 1.80. The van der Waals surface area contributed by atoms with Gasteiger partial charge in [-0.05, 0) is 62.2 Å². The first-order valence-electron chi connectivity index (χ1n) is 6.41. The fraction of sp³-hybridized carbons (Fsp3) is 0.733. The number of hydrogen-bond donors (Lipinski definition) is 0. The molecular formula is C15H22. The van der Waals surface area contributed by atoms with Crippen LogP contribution in [-0.4, -0.2) is 0 Å². The molecule has 0 N–H and O–H groups in total. The van der Waals surface area contributed by atoms with E-state index in [0.29, 0.717) is 5.41 Å². The van der Waals surface area contributed by atoms with Crippen LogP contribution in [0.2, 0.25) is 0 Å². The standard InChI is InChI=1S/C15H22/c1-9(2)12-6-5-11(4)15-8-7-10(3)13(15)14(12)15/h5,10,12-14H,1,6-8H2,2-4H3/t10-,12+,13+,14-,15+/m1/s1. The summed E-state index contributed by atoms with van der Waals surface area (Å²) in [5.74, 6) is 3.71. The Bertz CT molecular complexity index is 349. The Morgan fingerprint density at radius 1 is 1.47 bits per heavy atom. The van der Waals surface area contributed by atoms with Crippen molar-refractivity contribution in [1.82, 2.24) is 0 Å². The smallest absolute Gasteiger partial charge is 0.00197 e. The van der Waals surface area contributed by atoms with Crippen LogP contribution in [0.1, 0.15) is 40.0 Å². The van der Waals surface area contributed by atoms with Crippen molar-refractivity contribution in [3.8, 4) is 0 Å². The first-order chi connectivity index (χ1) is 7.09. The molecule has 3 rings (SSSR count). The second-order valence-corrected chi connectivity index (χ2v) is 6.18. The summed E-state index contributed by atoms with van der Waals surface area (Å²) in [7, 11) is 0. The molecule has 0 nitrogen and oxygen atoms in total. The number of rotatable bonds is 1. The van der Waals surface area contributed by atoms with E-state index in [1.54, 1.807) is 5.57 Å². The lowest BCUT2D eigenvalue weighted by molar-refractivity contribution is 0.358. The zero-order chi connectivity index (χ0) is 10.8. The average Bonchev–Trinajstić information content (AvgIpc) is 2.75. The van der Waals surface area contributed by atoms with Crippen molar-refractivity contribution in [2.75, 3.05) is 0 Å². The van der Waals surface area contributed by atoms with Gasteiger partial charge >= 0.3 is 0 Å². The Morgan fingerprint density at radius 2 is 2.20 bits per heavy atom. The molecule has 0 heteroatoms. The molecule has 0 aliphatic heterocycles. The van der Waals surface area contributed by atoms with E-state index in [1.807, 2.05) is 0 Å². The van der Waals surface area contributed by atoms with Crippen LogP contribution >= 0.6 is 0 Å². The Balaban J connectivity index is 1.99. The van der Waals surface area contributed by atoms with Crippen molar-refractivity contribution >= 4 is 0 Å². The quantitative estimate of drug-likeness (QED) is 0.559. The maximum absolute atomic E-state index is 4.20. The molecule has 0 heterocycles. The molecule has 5 atom stereocenters. The summed E-state index contributed by atoms with van der Waals surface area (Å²) in [6.07, 6.45) is 6.68. The molecule has 0 aromatic rings. The molecule has 0 amide bonds. The van der Waals surface area contributed by atoms with E-state index in [2.05, 4.69) is 33.4 Å². The SMILES string of the molecule is C=C(C)[C@@H]1CC=C(C)[C@@]23CC[C@@H](C)[C@H]2[C@@H]13. The molecule has 0 radical (unpaired) electrons. The van der Waals surface area contributed by atoms with Gasteiger partial charge in [0.2, 0.25) is 0 Å². The van der Waals surface area contributed by atoms with Gasteiger partial charge in [-0.1, -0.05) is 30.7 Å². The van der Waals surface area contributed by atoms with Gasteiger partial charge in [-0.3, -0.25) is 0 Å². The van der Waals surface area contributed by atoms with Crippen LogP contribution < -0.4 is 0 Å². The molecule has 0 aromatic heterocycles. The van der Waals surface area contributed by atoms with Crippen molar-refractivity contribution in [2.45, 2.75) is 40.0 Å². The number of hydrogen-bond acceptors (Lipinski definition) is 0. The van der Waals surface area contributed by atoms with Gasteiger partial charge in [0, 0.05) is 0 Å². The van der Waals surface area contributed by atoms with Gasteiger partial charge in [-0.25, -0.2) is 0 Å². The predicted octanol–water partition coefficient (Wildman–Crippen LogP) is 4.19. The summed E-state index contributed by atoms with van der Waals surface area (Å²) in [5, 5.41) is 0. The molecule has 82 valence electrons. The summed E-state index contributed by atoms with van der Waals surface area (Å²) >= 11 is 0. The Labute approximate surface area is 93.5 Å². The molecule has 0 saturated heterocycles. The Hall–Kier alpha value is -0.520. The highest BCUT2D eigenvalue weighted by Crippen LogP contribution is 2.78. The summed E-state index contributed by atoms with van der Waals surface area (Å²) in [6, 6.07) is 0. The van der Waals surface area contributed by atoms with Gasteiger partial charge in [-0.15, -0.1) is 0 Å². The van der Waals surface area contributed by atoms with Crippen LogP contribution in [0.15, 0.2) is 23.8 Å². The monoisotopic (exact) mass is 202 g/mol. The highest BCUT2D eigenvalue weighted by atomic mass is 14.8. The minimum Gasteiger partial charge on any atom is -0.0998 e. The van der Waals surface area contributed by atoms with Crippen molar-refractivity contribution in [2.24, 2.45) is 29.1 Å². The van der Waals surface area contributed by atoms with Crippen LogP contribution in [0.3, 0.4) is 0 Å². The molecule has 2 saturated carbocycles. The highest BCUT2D eigenvalue weighted by molar-refractivity contribution is 5.37. The second kappa shape index (κ2) is 2.78. The first kappa shape index (κ1) is 9.69. The van der Waals surface area contributed by atoms with Crippen molar-refractivity contribution in [3.05, 3.63) is 23.8 Å². The fourth-order valence-electron chi connectivity index (χ4n) is 4.82. The molecule has 0 unspecified atom stereocenters. The van der Waals surface area contributed by atoms with Gasteiger partial charge in [0.25, 0.3) is 0 Å². The van der Waals surface area contributed by atoms with Gasteiger partial charge in [0.1, 0.15) is 0 Å². The number of fused-ring (bicyclic) bond motifs is 1. The minimum atomic E-state index is 0.640. The fourth-order valence-corrected chi connectivity index (χ4v) is 4.82. The molecule has 3 aliphatic carbocycles. The highest BCUT2D eigenvalue weighted by Gasteiger charge is 2.72. The molecule has 0 aromatic carbocycles. The van der Waals surface area contributed by atoms with E-state index in [1.165, 1.54) is 24.8 Å². The van der Waals surface area contributed by atoms with Crippen LogP contribution in [0.25, 0.3) is 0 Å². The van der Waals surface area contributed by atoms with Gasteiger partial charge < -0.3 is 0 Å². The number of allylic oxidation sites excluding steroid dienone is 3. The first-order valence-corrected chi connectivity index (χ1v) is 6.41. The predicted molar refractivity (Wildman–Crippen MR) is 64.5 cm³/mol. The lowest BCUT2D eigenvalue weighted by Crippen LogP contribution is -2.18. The van der Waals surface area contributed by atoms with Crippen LogP contribution in [0.4, 0.5) is 0 Å². The van der Waals surface area contributed by atoms with E-state index in [0.717, 1.165) is 23.7 Å². The molecule has 3 aliphatic rings. The van der Waals surface area contributed by atoms with Gasteiger partial charge in [0.05, 0.1) is 0 Å². The van der Waals surface area contributed by atoms with Crippen LogP contribution in [0, 0.1) is 29.1 Å². The second-order valence-electron chi connectivity index (χ2n) is 6.18. The van der Waals surface area contributed by atoms with E-state index in [-0.39, 0.29) is 0 Å². The Morgan fingerprint density at radius 3 is 2.87 bits per heavy atom. The maximum Gasteiger partial charge on any atom is -0.00197 e. The van der Waals surface area contributed by atoms with E-state index < -0.39 is 0 Å². The molecule has 15 heavy (non-hydrogen) atoms. The summed E-state index contributed by atoms with van der Waals surface area (Å²) in [5.41, 5.74) is 3.77. The zero-order valence-corrected chi connectivity index (χ0v) is 10.2. The van der Waals surface area contributed by atoms with Crippen LogP contribution in [0.5, 0.6) is 0 Å². The van der Waals surface area contributed by atoms with Crippen LogP contribution in [-0.2, 0) is 0 Å². The van der Waals surface area contributed by atoms with Crippen molar-refractivity contribution in [3.63, 3.8) is 0 Å². The van der Waals surface area contributed by atoms with Gasteiger partial charge in [0.15, 0.2) is 0 Å². The maximum atomic E-state index is 4.20. The molecular weight excluding hydrogens is 180 g/mol. The van der Waals surface area contributed by atoms with Crippen molar-refractivity contribution < 1.29 is 0 Å². The zero-order valence-electron chi connectivity index (χ0n) is 10.2. The largest absolute Gasteiger partial charge is 0.0998 e. The normalized spacial score (nSPS) is 51.8. The third-order valence-corrected chi connectivity index (χ3v) is 5.57. The van der Waals surface area contributed by atoms with E-state index in [4.69, 9.17) is 0 Å². The molecule has 1 spiro atoms. The average molecular weight is 202 g/mol. The summed E-state index contributed by atoms with van der Waals surface area (Å²) < 4.78 is 0. The van der Waals surface area contributed by atoms with E-state index >= 15 is 0 Å². The third kappa shape index (κ3) is 0.984. The van der Waals surface area contributed by atoms with Gasteiger partial charge in [-0.2, -0.15) is 0 Å². The van der Waals surface area contributed by atoms with Crippen molar-refractivity contribution in [1.29, 1.82) is 0 Å². The lowest BCUT2D eigenvalue weighted by Gasteiger charge is -2.28. The topological polar surface area (TPSA) is 0 Å². The summed E-state index contributed by atoms with van der Waals surface area (Å²) in [6.45, 7) is 11.3. The minimum absolute atomic E-state index is 0.640. The van der Waals surface area contributed by atoms with E-state index in [9.17, 15) is 0 Å².